The summed E-state index contributed by atoms with van der Waals surface area (Å²) in [6.45, 7) is 5.05. The summed E-state index contributed by atoms with van der Waals surface area (Å²) in [6.07, 6.45) is 3.30. The Morgan fingerprint density at radius 3 is 2.65 bits per heavy atom. The molecule has 0 rings (SSSR count). The molecule has 0 bridgehead atoms. The summed E-state index contributed by atoms with van der Waals surface area (Å²) in [5.74, 6) is 0.671. The van der Waals surface area contributed by atoms with Gasteiger partial charge in [-0.1, -0.05) is 6.92 Å². The maximum absolute atomic E-state index is 10.9. The topological polar surface area (TPSA) is 62.7 Å². The standard InChI is InChI=1S/C12H25N3O2/c1-5-10(2)15-12(13-3)14-9-7-6-8-11(16)17-4/h10H,5-9H2,1-4H3,(H2,13,14,15). The summed E-state index contributed by atoms with van der Waals surface area (Å²) in [6, 6.07) is 0.413. The van der Waals surface area contributed by atoms with Crippen LogP contribution in [0.2, 0.25) is 0 Å². The predicted molar refractivity (Wildman–Crippen MR) is 70.1 cm³/mol. The summed E-state index contributed by atoms with van der Waals surface area (Å²) in [5, 5.41) is 6.49. The van der Waals surface area contributed by atoms with Crippen molar-refractivity contribution in [3.8, 4) is 0 Å². The van der Waals surface area contributed by atoms with Gasteiger partial charge >= 0.3 is 5.97 Å². The zero-order valence-electron chi connectivity index (χ0n) is 11.4. The summed E-state index contributed by atoms with van der Waals surface area (Å²) < 4.78 is 4.57. The molecule has 0 amide bonds. The zero-order chi connectivity index (χ0) is 13.1. The minimum absolute atomic E-state index is 0.146. The fraction of sp³-hybridized carbons (Fsp3) is 0.833. The predicted octanol–water partition coefficient (Wildman–Crippen LogP) is 1.29. The number of esters is 1. The molecule has 0 heterocycles. The molecule has 0 aliphatic rings. The molecule has 100 valence electrons. The Morgan fingerprint density at radius 1 is 1.41 bits per heavy atom. The van der Waals surface area contributed by atoms with E-state index < -0.39 is 0 Å². The van der Waals surface area contributed by atoms with Crippen LogP contribution in [0.15, 0.2) is 4.99 Å². The minimum Gasteiger partial charge on any atom is -0.469 e. The second-order valence-electron chi connectivity index (χ2n) is 3.99. The van der Waals surface area contributed by atoms with Gasteiger partial charge in [0, 0.05) is 26.1 Å². The quantitative estimate of drug-likeness (QED) is 0.306. The molecule has 1 atom stereocenters. The van der Waals surface area contributed by atoms with Gasteiger partial charge in [-0.05, 0) is 26.2 Å². The van der Waals surface area contributed by atoms with Gasteiger partial charge in [0.1, 0.15) is 0 Å². The summed E-state index contributed by atoms with van der Waals surface area (Å²) in [4.78, 5) is 15.0. The molecule has 0 radical (unpaired) electrons. The lowest BCUT2D eigenvalue weighted by Gasteiger charge is -2.16. The first kappa shape index (κ1) is 15.7. The van der Waals surface area contributed by atoms with E-state index in [0.29, 0.717) is 12.5 Å². The van der Waals surface area contributed by atoms with Crippen molar-refractivity contribution in [2.75, 3.05) is 20.7 Å². The number of unbranched alkanes of at least 4 members (excludes halogenated alkanes) is 1. The highest BCUT2D eigenvalue weighted by Gasteiger charge is 2.02. The number of nitrogens with one attached hydrogen (secondary N) is 2. The molecule has 5 nitrogen and oxygen atoms in total. The molecule has 0 saturated carbocycles. The molecule has 0 fully saturated rings. The number of methoxy groups -OCH3 is 1. The molecule has 17 heavy (non-hydrogen) atoms. The van der Waals surface area contributed by atoms with Crippen LogP contribution in [0.3, 0.4) is 0 Å². The van der Waals surface area contributed by atoms with Crippen molar-refractivity contribution in [2.45, 2.75) is 45.6 Å². The Morgan fingerprint density at radius 2 is 2.12 bits per heavy atom. The fourth-order valence-electron chi connectivity index (χ4n) is 1.23. The molecule has 2 N–H and O–H groups in total. The number of carbonyl (C=O) groups is 1. The number of hydrogen-bond donors (Lipinski definition) is 2. The number of guanidine groups is 1. The van der Waals surface area contributed by atoms with Gasteiger partial charge in [-0.15, -0.1) is 0 Å². The van der Waals surface area contributed by atoms with Crippen molar-refractivity contribution in [1.82, 2.24) is 10.6 Å². The Bertz CT molecular complexity index is 242. The molecule has 1 unspecified atom stereocenters. The minimum atomic E-state index is -0.146. The van der Waals surface area contributed by atoms with E-state index in [4.69, 9.17) is 0 Å². The second kappa shape index (κ2) is 9.93. The van der Waals surface area contributed by atoms with E-state index in [2.05, 4.69) is 34.2 Å². The average molecular weight is 243 g/mol. The second-order valence-corrected chi connectivity index (χ2v) is 3.99. The lowest BCUT2D eigenvalue weighted by molar-refractivity contribution is -0.140. The largest absolute Gasteiger partial charge is 0.469 e. The van der Waals surface area contributed by atoms with Crippen molar-refractivity contribution in [2.24, 2.45) is 4.99 Å². The summed E-state index contributed by atoms with van der Waals surface area (Å²) in [5.41, 5.74) is 0. The highest BCUT2D eigenvalue weighted by Crippen LogP contribution is 1.95. The molecule has 0 aromatic heterocycles. The fourth-order valence-corrected chi connectivity index (χ4v) is 1.23. The lowest BCUT2D eigenvalue weighted by Crippen LogP contribution is -2.42. The monoisotopic (exact) mass is 243 g/mol. The number of carbonyl (C=O) groups excluding carboxylic acids is 1. The summed E-state index contributed by atoms with van der Waals surface area (Å²) in [7, 11) is 3.17. The normalized spacial score (nSPS) is 13.1. The highest BCUT2D eigenvalue weighted by atomic mass is 16.5. The van der Waals surface area contributed by atoms with Gasteiger partial charge in [0.15, 0.2) is 5.96 Å². The molecular formula is C12H25N3O2. The van der Waals surface area contributed by atoms with Crippen LogP contribution in [0.25, 0.3) is 0 Å². The first-order valence-corrected chi connectivity index (χ1v) is 6.18. The van der Waals surface area contributed by atoms with Crippen molar-refractivity contribution in [3.05, 3.63) is 0 Å². The van der Waals surface area contributed by atoms with Crippen molar-refractivity contribution in [3.63, 3.8) is 0 Å². The molecule has 0 saturated heterocycles. The van der Waals surface area contributed by atoms with E-state index in [1.807, 2.05) is 0 Å². The lowest BCUT2D eigenvalue weighted by atomic mass is 10.2. The van der Waals surface area contributed by atoms with Crippen molar-refractivity contribution >= 4 is 11.9 Å². The van der Waals surface area contributed by atoms with E-state index in [1.165, 1.54) is 7.11 Å². The third-order valence-electron chi connectivity index (χ3n) is 2.55. The third-order valence-corrected chi connectivity index (χ3v) is 2.55. The highest BCUT2D eigenvalue weighted by molar-refractivity contribution is 5.79. The van der Waals surface area contributed by atoms with Gasteiger partial charge in [-0.3, -0.25) is 9.79 Å². The maximum Gasteiger partial charge on any atom is 0.305 e. The third kappa shape index (κ3) is 8.54. The number of rotatable bonds is 7. The smallest absolute Gasteiger partial charge is 0.305 e. The molecule has 0 aromatic carbocycles. The van der Waals surface area contributed by atoms with Crippen LogP contribution >= 0.6 is 0 Å². The molecular weight excluding hydrogens is 218 g/mol. The maximum atomic E-state index is 10.9. The average Bonchev–Trinajstić information content (AvgIpc) is 2.36. The number of aliphatic imine (C=N–C) groups is 1. The van der Waals surface area contributed by atoms with Crippen LogP contribution < -0.4 is 10.6 Å². The first-order chi connectivity index (χ1) is 8.13. The van der Waals surface area contributed by atoms with Gasteiger partial charge in [-0.25, -0.2) is 0 Å². The first-order valence-electron chi connectivity index (χ1n) is 6.18. The van der Waals surface area contributed by atoms with Crippen LogP contribution in [-0.2, 0) is 9.53 Å². The van der Waals surface area contributed by atoms with Crippen LogP contribution in [0, 0.1) is 0 Å². The molecule has 0 aromatic rings. The van der Waals surface area contributed by atoms with Gasteiger partial charge in [-0.2, -0.15) is 0 Å². The Hall–Kier alpha value is -1.26. The van der Waals surface area contributed by atoms with E-state index >= 15 is 0 Å². The molecule has 0 spiro atoms. The van der Waals surface area contributed by atoms with Gasteiger partial charge < -0.3 is 15.4 Å². The molecule has 0 aliphatic carbocycles. The number of ether oxygens (including phenoxy) is 1. The molecule has 5 heteroatoms. The van der Waals surface area contributed by atoms with E-state index in [9.17, 15) is 4.79 Å². The van der Waals surface area contributed by atoms with E-state index in [1.54, 1.807) is 7.05 Å². The number of nitrogens with zero attached hydrogens (tertiary/aromatic N) is 1. The van der Waals surface area contributed by atoms with Crippen LogP contribution in [0.1, 0.15) is 39.5 Å². The van der Waals surface area contributed by atoms with E-state index in [-0.39, 0.29) is 5.97 Å². The number of hydrogen-bond acceptors (Lipinski definition) is 3. The van der Waals surface area contributed by atoms with Gasteiger partial charge in [0.05, 0.1) is 7.11 Å². The molecule has 0 aliphatic heterocycles. The van der Waals surface area contributed by atoms with Crippen LogP contribution in [0.4, 0.5) is 0 Å². The van der Waals surface area contributed by atoms with Gasteiger partial charge in [0.2, 0.25) is 0 Å². The SMILES string of the molecule is CCC(C)NC(=NC)NCCCCC(=O)OC. The zero-order valence-corrected chi connectivity index (χ0v) is 11.4. The van der Waals surface area contributed by atoms with Crippen LogP contribution in [-0.4, -0.2) is 38.7 Å². The van der Waals surface area contributed by atoms with Crippen molar-refractivity contribution in [1.29, 1.82) is 0 Å². The van der Waals surface area contributed by atoms with Crippen LogP contribution in [0.5, 0.6) is 0 Å². The van der Waals surface area contributed by atoms with E-state index in [0.717, 1.165) is 31.8 Å². The van der Waals surface area contributed by atoms with Gasteiger partial charge in [0.25, 0.3) is 0 Å². The Balaban J connectivity index is 3.61. The van der Waals surface area contributed by atoms with Crippen molar-refractivity contribution < 1.29 is 9.53 Å². The Labute approximate surface area is 104 Å². The summed E-state index contributed by atoms with van der Waals surface area (Å²) >= 11 is 0. The Kier molecular flexibility index (Phi) is 9.19.